The van der Waals surface area contributed by atoms with Gasteiger partial charge in [-0.25, -0.2) is 48.3 Å². The number of benzene rings is 4. The first-order valence-corrected chi connectivity index (χ1v) is 26.3. The van der Waals surface area contributed by atoms with Crippen LogP contribution in [0.25, 0.3) is 44.6 Å². The number of imidazole rings is 2. The number of fused-ring (bicyclic) bond motifs is 2. The summed E-state index contributed by atoms with van der Waals surface area (Å²) in [6.07, 6.45) is 9.88. The van der Waals surface area contributed by atoms with E-state index in [9.17, 15) is 33.1 Å². The van der Waals surface area contributed by atoms with Crippen molar-refractivity contribution in [3.05, 3.63) is 191 Å². The van der Waals surface area contributed by atoms with Crippen LogP contribution < -0.4 is 10.6 Å². The molecule has 0 saturated carbocycles. The lowest BCUT2D eigenvalue weighted by Gasteiger charge is -2.25. The average molecular weight is 1110 g/mol. The van der Waals surface area contributed by atoms with Gasteiger partial charge in [0.25, 0.3) is 11.8 Å². The van der Waals surface area contributed by atoms with Gasteiger partial charge in [-0.3, -0.25) is 19.0 Å². The molecule has 3 unspecified atom stereocenters. The number of nitrogens with one attached hydrogen (secondary N) is 4. The minimum Gasteiger partial charge on any atom is -0.465 e. The minimum absolute atomic E-state index is 0.0671. The van der Waals surface area contributed by atoms with Crippen LogP contribution >= 0.6 is 0 Å². The molecule has 22 nitrogen and oxygen atoms in total. The Balaban J connectivity index is 0.000000172. The predicted octanol–water partition coefficient (Wildman–Crippen LogP) is 7.85. The summed E-state index contributed by atoms with van der Waals surface area (Å²) in [5.41, 5.74) is 7.66. The van der Waals surface area contributed by atoms with Crippen molar-refractivity contribution in [1.29, 1.82) is 0 Å². The standard InChI is InChI=1S/2C29H27FN8O3/c1-37-14-22(13-34-37)21-9-19(10-23(30)11-21)12-31-28(39)25-24-27(33-17-32-25)36-26(35-24)20-7-8-38(15-20)29(40)41-16-18-5-3-2-4-6-18;1-37-15-20(14-34-37)19-9-18(10-21(30)12-19)13-31-28(39)25-24-27(33-16-32-25)36-26(35-24)22-7-8-38(29(40)41)23(22)11-17-5-3-2-4-6-17/h2-6,9-11,13-14,17,20H,7-8,12,15-16H2,1H3,(H,31,39)(H,32,33,35,36);2-6,9-10,12,14-16,22-23H,7-8,11,13H2,1H3,(H,31,39)(H,40,41)(H,32,33,35,36). The normalized spacial score (nSPS) is 15.8. The Hall–Kier alpha value is -10.3. The van der Waals surface area contributed by atoms with Crippen LogP contribution in [-0.4, -0.2) is 124 Å². The second kappa shape index (κ2) is 23.6. The van der Waals surface area contributed by atoms with Gasteiger partial charge in [0, 0.05) is 88.2 Å². The molecule has 4 amide bonds. The molecule has 0 radical (unpaired) electrons. The first-order chi connectivity index (χ1) is 39.8. The molecule has 6 aromatic heterocycles. The highest BCUT2D eigenvalue weighted by atomic mass is 19.1. The number of aromatic amines is 2. The Kier molecular flexibility index (Phi) is 15.5. The molecule has 416 valence electrons. The molecule has 8 heterocycles. The number of aromatic nitrogens is 12. The highest BCUT2D eigenvalue weighted by Gasteiger charge is 2.40. The van der Waals surface area contributed by atoms with Crippen molar-refractivity contribution in [2.75, 3.05) is 19.6 Å². The van der Waals surface area contributed by atoms with Crippen LogP contribution in [0.15, 0.2) is 135 Å². The van der Waals surface area contributed by atoms with Gasteiger partial charge < -0.3 is 40.2 Å². The zero-order valence-electron chi connectivity index (χ0n) is 44.4. The highest BCUT2D eigenvalue weighted by molar-refractivity contribution is 6.02. The minimum atomic E-state index is -0.978. The molecule has 2 fully saturated rings. The number of carboxylic acid groups (broad SMARTS) is 1. The van der Waals surface area contributed by atoms with Gasteiger partial charge in [-0.2, -0.15) is 10.2 Å². The van der Waals surface area contributed by atoms with E-state index < -0.39 is 29.5 Å². The van der Waals surface area contributed by atoms with Crippen LogP contribution in [0.4, 0.5) is 18.4 Å². The third kappa shape index (κ3) is 12.1. The largest absolute Gasteiger partial charge is 0.465 e. The first-order valence-electron chi connectivity index (χ1n) is 26.3. The van der Waals surface area contributed by atoms with Crippen LogP contribution in [-0.2, 0) is 44.9 Å². The van der Waals surface area contributed by atoms with E-state index in [4.69, 9.17) is 4.74 Å². The number of hydrogen-bond acceptors (Lipinski definition) is 13. The fraction of sp³-hybridized carbons (Fsp3) is 0.241. The average Bonchev–Trinajstić information content (AvgIpc) is 4.55. The molecular weight excluding hydrogens is 1050 g/mol. The number of hydrogen-bond donors (Lipinski definition) is 5. The van der Waals surface area contributed by atoms with Crippen molar-refractivity contribution in [1.82, 2.24) is 79.9 Å². The second-order valence-electron chi connectivity index (χ2n) is 20.1. The van der Waals surface area contributed by atoms with Crippen molar-refractivity contribution in [3.63, 3.8) is 0 Å². The molecule has 12 rings (SSSR count). The Morgan fingerprint density at radius 3 is 1.72 bits per heavy atom. The third-order valence-electron chi connectivity index (χ3n) is 14.4. The molecule has 82 heavy (non-hydrogen) atoms. The first kappa shape index (κ1) is 53.7. The van der Waals surface area contributed by atoms with Gasteiger partial charge in [-0.05, 0) is 89.0 Å². The number of ether oxygens (including phenoxy) is 1. The van der Waals surface area contributed by atoms with E-state index in [1.807, 2.05) is 60.7 Å². The Labute approximate surface area is 466 Å². The van der Waals surface area contributed by atoms with Gasteiger partial charge >= 0.3 is 12.2 Å². The molecule has 24 heteroatoms. The molecule has 3 atom stereocenters. The molecule has 2 aliphatic heterocycles. The van der Waals surface area contributed by atoms with E-state index in [1.54, 1.807) is 65.3 Å². The number of halogens is 2. The molecular formula is C58H54F2N16O6. The maximum Gasteiger partial charge on any atom is 0.410 e. The van der Waals surface area contributed by atoms with Crippen molar-refractivity contribution in [2.45, 2.75) is 56.8 Å². The number of carbonyl (C=O) groups excluding carboxylic acids is 3. The van der Waals surface area contributed by atoms with E-state index in [-0.39, 0.29) is 55.1 Å². The molecule has 10 aromatic rings. The summed E-state index contributed by atoms with van der Waals surface area (Å²) in [5, 5.41) is 23.7. The predicted molar refractivity (Wildman–Crippen MR) is 294 cm³/mol. The molecule has 0 aliphatic carbocycles. The van der Waals surface area contributed by atoms with Crippen molar-refractivity contribution in [3.8, 4) is 22.3 Å². The fourth-order valence-corrected chi connectivity index (χ4v) is 10.4. The topological polar surface area (TPSA) is 273 Å². The Morgan fingerprint density at radius 1 is 0.646 bits per heavy atom. The summed E-state index contributed by atoms with van der Waals surface area (Å²) in [6, 6.07) is 28.1. The number of amides is 4. The molecule has 5 N–H and O–H groups in total. The van der Waals surface area contributed by atoms with Gasteiger partial charge in [0.05, 0.1) is 12.4 Å². The van der Waals surface area contributed by atoms with Crippen molar-refractivity contribution in [2.24, 2.45) is 14.1 Å². The van der Waals surface area contributed by atoms with Crippen molar-refractivity contribution >= 4 is 46.3 Å². The molecule has 0 bridgehead atoms. The zero-order valence-corrected chi connectivity index (χ0v) is 44.4. The van der Waals surface area contributed by atoms with Gasteiger partial charge in [0.15, 0.2) is 22.7 Å². The summed E-state index contributed by atoms with van der Waals surface area (Å²) >= 11 is 0. The van der Waals surface area contributed by atoms with Crippen LogP contribution in [0.2, 0.25) is 0 Å². The number of H-pyrrole nitrogens is 2. The number of nitrogens with zero attached hydrogens (tertiary/aromatic N) is 12. The fourth-order valence-electron chi connectivity index (χ4n) is 10.4. The lowest BCUT2D eigenvalue weighted by Crippen LogP contribution is -2.38. The summed E-state index contributed by atoms with van der Waals surface area (Å²) in [4.78, 5) is 86.5. The molecule has 0 spiro atoms. The van der Waals surface area contributed by atoms with Gasteiger partial charge in [-0.1, -0.05) is 60.7 Å². The van der Waals surface area contributed by atoms with Crippen LogP contribution in [0.1, 0.15) is 79.6 Å². The number of carbonyl (C=O) groups is 4. The lowest BCUT2D eigenvalue weighted by molar-refractivity contribution is 0.0939. The Morgan fingerprint density at radius 2 is 1.18 bits per heavy atom. The summed E-state index contributed by atoms with van der Waals surface area (Å²) in [6.45, 7) is 1.72. The van der Waals surface area contributed by atoms with E-state index >= 15 is 0 Å². The van der Waals surface area contributed by atoms with E-state index in [0.717, 1.165) is 22.3 Å². The van der Waals surface area contributed by atoms with Gasteiger partial charge in [0.2, 0.25) is 0 Å². The summed E-state index contributed by atoms with van der Waals surface area (Å²) in [7, 11) is 3.57. The van der Waals surface area contributed by atoms with Gasteiger partial charge in [0.1, 0.15) is 53.6 Å². The summed E-state index contributed by atoms with van der Waals surface area (Å²) in [5.74, 6) is -0.846. The highest BCUT2D eigenvalue weighted by Crippen LogP contribution is 2.36. The maximum absolute atomic E-state index is 14.4. The smallest absolute Gasteiger partial charge is 0.410 e. The number of likely N-dealkylation sites (tertiary alicyclic amines) is 2. The van der Waals surface area contributed by atoms with Crippen molar-refractivity contribution < 1.29 is 37.8 Å². The number of aryl methyl sites for hydroxylation is 2. The van der Waals surface area contributed by atoms with E-state index in [0.29, 0.717) is 95.1 Å². The van der Waals surface area contributed by atoms with E-state index in [2.05, 4.69) is 60.7 Å². The van der Waals surface area contributed by atoms with Crippen LogP contribution in [0, 0.1) is 11.6 Å². The van der Waals surface area contributed by atoms with Crippen LogP contribution in [0.5, 0.6) is 0 Å². The second-order valence-corrected chi connectivity index (χ2v) is 20.1. The SMILES string of the molecule is Cn1cc(-c2cc(F)cc(CNC(=O)c3ncnc4nc(C5CCN(C(=O)O)C5Cc5ccccc5)[nH]c34)c2)cn1.Cn1cc(-c2cc(F)cc(CNC(=O)c3ncnc4nc(C5CCN(C(=O)OCc6ccccc6)C5)[nH]c34)c2)cn1. The van der Waals surface area contributed by atoms with Gasteiger partial charge in [-0.15, -0.1) is 0 Å². The lowest BCUT2D eigenvalue weighted by atomic mass is 9.93. The number of rotatable bonds is 14. The molecule has 2 saturated heterocycles. The molecule has 4 aromatic carbocycles. The van der Waals surface area contributed by atoms with E-state index in [1.165, 1.54) is 41.8 Å². The van der Waals surface area contributed by atoms with Crippen LogP contribution in [0.3, 0.4) is 0 Å². The monoisotopic (exact) mass is 1110 g/mol. The maximum atomic E-state index is 14.4. The zero-order chi connectivity index (χ0) is 56.9. The third-order valence-corrected chi connectivity index (χ3v) is 14.4. The molecule has 2 aliphatic rings. The summed E-state index contributed by atoms with van der Waals surface area (Å²) < 4.78 is 37.4. The Bertz CT molecular complexity index is 3960. The quantitative estimate of drug-likeness (QED) is 0.0694.